The van der Waals surface area contributed by atoms with E-state index < -0.39 is 0 Å². The van der Waals surface area contributed by atoms with Gasteiger partial charge in [-0.05, 0) is 38.4 Å². The Bertz CT molecular complexity index is 282. The van der Waals surface area contributed by atoms with Crippen molar-refractivity contribution in [3.8, 4) is 0 Å². The van der Waals surface area contributed by atoms with Crippen LogP contribution in [0, 0.1) is 13.8 Å². The fraction of sp³-hybridized carbons (Fsp3) is 0.583. The Morgan fingerprint density at radius 2 is 2.07 bits per heavy atom. The molecule has 0 saturated carbocycles. The van der Waals surface area contributed by atoms with Gasteiger partial charge in [-0.15, -0.1) is 0 Å². The van der Waals surface area contributed by atoms with Crippen LogP contribution >= 0.6 is 0 Å². The van der Waals surface area contributed by atoms with Gasteiger partial charge in [0.05, 0.1) is 0 Å². The first-order valence-corrected chi connectivity index (χ1v) is 5.38. The second-order valence-electron chi connectivity index (χ2n) is 3.73. The molecule has 0 bridgehead atoms. The molecule has 0 unspecified atom stereocenters. The van der Waals surface area contributed by atoms with Gasteiger partial charge in [0.2, 0.25) is 0 Å². The molecule has 1 N–H and O–H groups in total. The zero-order chi connectivity index (χ0) is 10.4. The molecule has 0 aliphatic rings. The quantitative estimate of drug-likeness (QED) is 0.725. The molecule has 0 amide bonds. The second kappa shape index (κ2) is 5.76. The smallest absolute Gasteiger partial charge is 0.0420 e. The van der Waals surface area contributed by atoms with E-state index in [2.05, 4.69) is 36.3 Å². The molecule has 0 aliphatic heterocycles. The summed E-state index contributed by atoms with van der Waals surface area (Å²) in [5.41, 5.74) is 3.56. The number of nitrogens with zero attached hydrogens (tertiary/aromatic N) is 1. The lowest BCUT2D eigenvalue weighted by Gasteiger charge is -2.07. The van der Waals surface area contributed by atoms with Gasteiger partial charge < -0.3 is 5.32 Å². The predicted molar refractivity (Wildman–Crippen MR) is 60.3 cm³/mol. The first kappa shape index (κ1) is 11.2. The number of hydrogen-bond donors (Lipinski definition) is 1. The molecule has 0 radical (unpaired) electrons. The molecule has 2 nitrogen and oxygen atoms in total. The Kier molecular flexibility index (Phi) is 4.60. The third-order valence-corrected chi connectivity index (χ3v) is 2.36. The summed E-state index contributed by atoms with van der Waals surface area (Å²) in [5, 5.41) is 3.42. The lowest BCUT2D eigenvalue weighted by Crippen LogP contribution is -2.15. The van der Waals surface area contributed by atoms with Crippen LogP contribution in [0.25, 0.3) is 0 Å². The molecule has 78 valence electrons. The molecule has 0 aromatic carbocycles. The molecule has 0 fully saturated rings. The maximum absolute atomic E-state index is 4.43. The molecule has 0 saturated heterocycles. The van der Waals surface area contributed by atoms with E-state index in [9.17, 15) is 0 Å². The number of unbranched alkanes of at least 4 members (excludes halogenated alkanes) is 1. The Morgan fingerprint density at radius 1 is 1.29 bits per heavy atom. The summed E-state index contributed by atoms with van der Waals surface area (Å²) >= 11 is 0. The minimum absolute atomic E-state index is 0.944. The zero-order valence-corrected chi connectivity index (χ0v) is 9.43. The minimum atomic E-state index is 0.944. The number of hydrogen-bond acceptors (Lipinski definition) is 2. The van der Waals surface area contributed by atoms with Gasteiger partial charge in [0.1, 0.15) is 0 Å². The van der Waals surface area contributed by atoms with E-state index in [1.54, 1.807) is 0 Å². The molecule has 1 rings (SSSR count). The standard InChI is InChI=1S/C12H20N2/c1-4-5-8-13-9-12-7-6-10(2)14-11(12)3/h6-7,13H,4-5,8-9H2,1-3H3. The Labute approximate surface area is 86.8 Å². The molecule has 0 spiro atoms. The van der Waals surface area contributed by atoms with E-state index in [0.717, 1.165) is 24.5 Å². The van der Waals surface area contributed by atoms with E-state index in [-0.39, 0.29) is 0 Å². The van der Waals surface area contributed by atoms with Gasteiger partial charge in [-0.2, -0.15) is 0 Å². The number of aryl methyl sites for hydroxylation is 2. The van der Waals surface area contributed by atoms with Gasteiger partial charge in [-0.25, -0.2) is 0 Å². The highest BCUT2D eigenvalue weighted by Crippen LogP contribution is 2.05. The summed E-state index contributed by atoms with van der Waals surface area (Å²) in [6, 6.07) is 4.24. The van der Waals surface area contributed by atoms with Crippen molar-refractivity contribution in [2.75, 3.05) is 6.54 Å². The van der Waals surface area contributed by atoms with Crippen LogP contribution in [-0.4, -0.2) is 11.5 Å². The van der Waals surface area contributed by atoms with Crippen LogP contribution < -0.4 is 5.32 Å². The largest absolute Gasteiger partial charge is 0.313 e. The lowest BCUT2D eigenvalue weighted by molar-refractivity contribution is 0.638. The number of rotatable bonds is 5. The highest BCUT2D eigenvalue weighted by Gasteiger charge is 1.98. The summed E-state index contributed by atoms with van der Waals surface area (Å²) in [5.74, 6) is 0. The molecular formula is C12H20N2. The van der Waals surface area contributed by atoms with Crippen molar-refractivity contribution in [2.24, 2.45) is 0 Å². The average molecular weight is 192 g/mol. The van der Waals surface area contributed by atoms with Crippen LogP contribution in [0.15, 0.2) is 12.1 Å². The van der Waals surface area contributed by atoms with E-state index in [4.69, 9.17) is 0 Å². The predicted octanol–water partition coefficient (Wildman–Crippen LogP) is 2.59. The number of nitrogens with one attached hydrogen (secondary N) is 1. The van der Waals surface area contributed by atoms with Crippen LogP contribution in [0.4, 0.5) is 0 Å². The van der Waals surface area contributed by atoms with Crippen molar-refractivity contribution in [3.63, 3.8) is 0 Å². The molecule has 1 aromatic rings. The average Bonchev–Trinajstić information content (AvgIpc) is 2.15. The van der Waals surface area contributed by atoms with Gasteiger partial charge in [0.15, 0.2) is 0 Å². The van der Waals surface area contributed by atoms with Gasteiger partial charge in [-0.1, -0.05) is 19.4 Å². The summed E-state index contributed by atoms with van der Waals surface area (Å²) in [6.07, 6.45) is 2.50. The Hall–Kier alpha value is -0.890. The normalized spacial score (nSPS) is 10.5. The van der Waals surface area contributed by atoms with Crippen molar-refractivity contribution in [2.45, 2.75) is 40.2 Å². The topological polar surface area (TPSA) is 24.9 Å². The molecule has 14 heavy (non-hydrogen) atoms. The Balaban J connectivity index is 2.42. The van der Waals surface area contributed by atoms with Gasteiger partial charge in [-0.3, -0.25) is 4.98 Å². The van der Waals surface area contributed by atoms with Crippen LogP contribution in [0.5, 0.6) is 0 Å². The van der Waals surface area contributed by atoms with E-state index in [1.165, 1.54) is 18.4 Å². The first-order chi connectivity index (χ1) is 6.74. The maximum Gasteiger partial charge on any atom is 0.0420 e. The van der Waals surface area contributed by atoms with Gasteiger partial charge in [0, 0.05) is 17.9 Å². The molecule has 1 heterocycles. The van der Waals surface area contributed by atoms with Crippen molar-refractivity contribution in [1.82, 2.24) is 10.3 Å². The minimum Gasteiger partial charge on any atom is -0.313 e. The number of aromatic nitrogens is 1. The van der Waals surface area contributed by atoms with Gasteiger partial charge in [0.25, 0.3) is 0 Å². The molecule has 0 atom stereocenters. The third-order valence-electron chi connectivity index (χ3n) is 2.36. The van der Waals surface area contributed by atoms with Gasteiger partial charge >= 0.3 is 0 Å². The van der Waals surface area contributed by atoms with Crippen molar-refractivity contribution >= 4 is 0 Å². The summed E-state index contributed by atoms with van der Waals surface area (Å²) in [4.78, 5) is 4.43. The molecule has 0 aliphatic carbocycles. The van der Waals surface area contributed by atoms with E-state index in [1.807, 2.05) is 6.92 Å². The Morgan fingerprint density at radius 3 is 2.71 bits per heavy atom. The third kappa shape index (κ3) is 3.46. The second-order valence-corrected chi connectivity index (χ2v) is 3.73. The van der Waals surface area contributed by atoms with Crippen LogP contribution in [0.2, 0.25) is 0 Å². The van der Waals surface area contributed by atoms with E-state index >= 15 is 0 Å². The van der Waals surface area contributed by atoms with Crippen molar-refractivity contribution in [3.05, 3.63) is 29.1 Å². The van der Waals surface area contributed by atoms with E-state index in [0.29, 0.717) is 0 Å². The number of pyridine rings is 1. The fourth-order valence-electron chi connectivity index (χ4n) is 1.43. The molecule has 2 heteroatoms. The van der Waals surface area contributed by atoms with Crippen molar-refractivity contribution < 1.29 is 0 Å². The molecule has 1 aromatic heterocycles. The SMILES string of the molecule is CCCCNCc1ccc(C)nc1C. The monoisotopic (exact) mass is 192 g/mol. The highest BCUT2D eigenvalue weighted by molar-refractivity contribution is 5.21. The van der Waals surface area contributed by atoms with Crippen LogP contribution in [-0.2, 0) is 6.54 Å². The maximum atomic E-state index is 4.43. The summed E-state index contributed by atoms with van der Waals surface area (Å²) < 4.78 is 0. The molecular weight excluding hydrogens is 172 g/mol. The van der Waals surface area contributed by atoms with Crippen LogP contribution in [0.1, 0.15) is 36.7 Å². The fourth-order valence-corrected chi connectivity index (χ4v) is 1.43. The lowest BCUT2D eigenvalue weighted by atomic mass is 10.2. The first-order valence-electron chi connectivity index (χ1n) is 5.38. The van der Waals surface area contributed by atoms with Crippen LogP contribution in [0.3, 0.4) is 0 Å². The summed E-state index contributed by atoms with van der Waals surface area (Å²) in [6.45, 7) is 8.36. The zero-order valence-electron chi connectivity index (χ0n) is 9.43. The highest BCUT2D eigenvalue weighted by atomic mass is 14.9. The summed E-state index contributed by atoms with van der Waals surface area (Å²) in [7, 11) is 0. The van der Waals surface area contributed by atoms with Crippen molar-refractivity contribution in [1.29, 1.82) is 0 Å².